The SMILES string of the molecule is COc1ccc(/C=N/NC(=O)/C(=C\c2ccc(OC)c(OC)c2)NC(=O)c2ccccc2)c(O)c1. The van der Waals surface area contributed by atoms with Crippen molar-refractivity contribution in [1.82, 2.24) is 10.7 Å². The number of methoxy groups -OCH3 is 3. The summed E-state index contributed by atoms with van der Waals surface area (Å²) in [5.74, 6) is 0.252. The van der Waals surface area contributed by atoms with Crippen molar-refractivity contribution < 1.29 is 28.9 Å². The third-order valence-corrected chi connectivity index (χ3v) is 4.85. The minimum atomic E-state index is -0.673. The van der Waals surface area contributed by atoms with Gasteiger partial charge in [-0.05, 0) is 48.0 Å². The number of carbonyl (C=O) groups is 2. The van der Waals surface area contributed by atoms with Gasteiger partial charge in [-0.25, -0.2) is 5.43 Å². The highest BCUT2D eigenvalue weighted by Crippen LogP contribution is 2.28. The molecule has 3 aromatic rings. The molecule has 9 nitrogen and oxygen atoms in total. The van der Waals surface area contributed by atoms with E-state index in [2.05, 4.69) is 15.8 Å². The van der Waals surface area contributed by atoms with Gasteiger partial charge < -0.3 is 24.6 Å². The molecule has 0 spiro atoms. The van der Waals surface area contributed by atoms with Crippen molar-refractivity contribution in [3.63, 3.8) is 0 Å². The molecule has 0 saturated heterocycles. The summed E-state index contributed by atoms with van der Waals surface area (Å²) in [6.07, 6.45) is 2.76. The molecule has 0 radical (unpaired) electrons. The molecule has 0 aliphatic carbocycles. The first-order valence-electron chi connectivity index (χ1n) is 10.5. The van der Waals surface area contributed by atoms with E-state index in [1.165, 1.54) is 39.7 Å². The van der Waals surface area contributed by atoms with E-state index in [1.807, 2.05) is 0 Å². The lowest BCUT2D eigenvalue weighted by Crippen LogP contribution is -2.32. The van der Waals surface area contributed by atoms with Gasteiger partial charge in [-0.15, -0.1) is 0 Å². The van der Waals surface area contributed by atoms with Crippen LogP contribution in [-0.2, 0) is 4.79 Å². The molecule has 0 aliphatic heterocycles. The second-order valence-electron chi connectivity index (χ2n) is 7.12. The van der Waals surface area contributed by atoms with Crippen LogP contribution >= 0.6 is 0 Å². The number of phenols is 1. The van der Waals surface area contributed by atoms with E-state index in [9.17, 15) is 14.7 Å². The van der Waals surface area contributed by atoms with Gasteiger partial charge in [0.15, 0.2) is 11.5 Å². The van der Waals surface area contributed by atoms with E-state index >= 15 is 0 Å². The summed E-state index contributed by atoms with van der Waals surface area (Å²) < 4.78 is 15.6. The normalized spacial score (nSPS) is 11.1. The second kappa shape index (κ2) is 11.9. The van der Waals surface area contributed by atoms with Crippen molar-refractivity contribution in [3.05, 3.63) is 89.1 Å². The summed E-state index contributed by atoms with van der Waals surface area (Å²) in [5.41, 5.74) is 3.64. The molecule has 0 aromatic heterocycles. The Morgan fingerprint density at radius 3 is 2.29 bits per heavy atom. The fraction of sp³-hybridized carbons (Fsp3) is 0.115. The lowest BCUT2D eigenvalue weighted by molar-refractivity contribution is -0.117. The fourth-order valence-corrected chi connectivity index (χ4v) is 3.03. The highest BCUT2D eigenvalue weighted by Gasteiger charge is 2.15. The number of nitrogens with zero attached hydrogens (tertiary/aromatic N) is 1. The van der Waals surface area contributed by atoms with Crippen LogP contribution in [0.4, 0.5) is 0 Å². The van der Waals surface area contributed by atoms with Crippen LogP contribution in [0.2, 0.25) is 0 Å². The van der Waals surface area contributed by atoms with Crippen LogP contribution in [0.25, 0.3) is 6.08 Å². The largest absolute Gasteiger partial charge is 0.507 e. The van der Waals surface area contributed by atoms with Crippen LogP contribution in [0.3, 0.4) is 0 Å². The molecule has 9 heteroatoms. The van der Waals surface area contributed by atoms with Crippen LogP contribution in [0, 0.1) is 0 Å². The fourth-order valence-electron chi connectivity index (χ4n) is 3.03. The third kappa shape index (κ3) is 6.61. The highest BCUT2D eigenvalue weighted by atomic mass is 16.5. The van der Waals surface area contributed by atoms with E-state index in [0.717, 1.165) is 0 Å². The molecule has 0 fully saturated rings. The summed E-state index contributed by atoms with van der Waals surface area (Å²) in [7, 11) is 4.50. The molecule has 3 rings (SSSR count). The summed E-state index contributed by atoms with van der Waals surface area (Å²) in [5, 5.41) is 16.6. The predicted octanol–water partition coefficient (Wildman–Crippen LogP) is 3.34. The van der Waals surface area contributed by atoms with Crippen LogP contribution < -0.4 is 25.0 Å². The lowest BCUT2D eigenvalue weighted by atomic mass is 10.1. The summed E-state index contributed by atoms with van der Waals surface area (Å²) in [4.78, 5) is 25.6. The Labute approximate surface area is 202 Å². The maximum atomic E-state index is 12.9. The molecule has 180 valence electrons. The quantitative estimate of drug-likeness (QED) is 0.248. The van der Waals surface area contributed by atoms with Crippen molar-refractivity contribution in [3.8, 4) is 23.0 Å². The Morgan fingerprint density at radius 2 is 1.63 bits per heavy atom. The molecule has 35 heavy (non-hydrogen) atoms. The Balaban J connectivity index is 1.86. The average Bonchev–Trinajstić information content (AvgIpc) is 2.89. The number of nitrogens with one attached hydrogen (secondary N) is 2. The number of aromatic hydroxyl groups is 1. The van der Waals surface area contributed by atoms with E-state index in [4.69, 9.17) is 14.2 Å². The number of amides is 2. The zero-order valence-electron chi connectivity index (χ0n) is 19.4. The molecule has 0 unspecified atom stereocenters. The van der Waals surface area contributed by atoms with Crippen molar-refractivity contribution in [1.29, 1.82) is 0 Å². The molecule has 3 N–H and O–H groups in total. The van der Waals surface area contributed by atoms with Crippen molar-refractivity contribution in [2.45, 2.75) is 0 Å². The Morgan fingerprint density at radius 1 is 0.886 bits per heavy atom. The summed E-state index contributed by atoms with van der Waals surface area (Å²) in [6.45, 7) is 0. The van der Waals surface area contributed by atoms with Gasteiger partial charge >= 0.3 is 0 Å². The molecule has 0 aliphatic rings. The van der Waals surface area contributed by atoms with Gasteiger partial charge in [0.25, 0.3) is 11.8 Å². The van der Waals surface area contributed by atoms with E-state index in [-0.39, 0.29) is 11.4 Å². The van der Waals surface area contributed by atoms with Gasteiger partial charge in [-0.3, -0.25) is 9.59 Å². The molecule has 2 amide bonds. The number of hydrazone groups is 1. The minimum Gasteiger partial charge on any atom is -0.507 e. The Bertz CT molecular complexity index is 1260. The van der Waals surface area contributed by atoms with Crippen molar-refractivity contribution in [2.24, 2.45) is 5.10 Å². The number of carbonyl (C=O) groups excluding carboxylic acids is 2. The van der Waals surface area contributed by atoms with E-state index in [0.29, 0.717) is 33.9 Å². The minimum absolute atomic E-state index is 0.0535. The Kier molecular flexibility index (Phi) is 8.44. The topological polar surface area (TPSA) is 118 Å². The smallest absolute Gasteiger partial charge is 0.287 e. The average molecular weight is 476 g/mol. The number of benzene rings is 3. The van der Waals surface area contributed by atoms with Gasteiger partial charge in [0.1, 0.15) is 17.2 Å². The number of phenolic OH excluding ortho intramolecular Hbond substituents is 1. The van der Waals surface area contributed by atoms with Gasteiger partial charge in [0.05, 0.1) is 27.5 Å². The maximum Gasteiger partial charge on any atom is 0.287 e. The van der Waals surface area contributed by atoms with Crippen LogP contribution in [0.1, 0.15) is 21.5 Å². The molecule has 0 heterocycles. The maximum absolute atomic E-state index is 12.9. The van der Waals surface area contributed by atoms with E-state index in [1.54, 1.807) is 60.7 Å². The molecule has 0 bridgehead atoms. The summed E-state index contributed by atoms with van der Waals surface area (Å²) >= 11 is 0. The van der Waals surface area contributed by atoms with Gasteiger partial charge in [0.2, 0.25) is 0 Å². The number of hydrogen-bond donors (Lipinski definition) is 3. The van der Waals surface area contributed by atoms with Gasteiger partial charge in [-0.1, -0.05) is 24.3 Å². The number of ether oxygens (including phenoxy) is 3. The molecule has 0 atom stereocenters. The molecular formula is C26H25N3O6. The third-order valence-electron chi connectivity index (χ3n) is 4.85. The van der Waals surface area contributed by atoms with E-state index < -0.39 is 11.8 Å². The molecule has 0 saturated carbocycles. The lowest BCUT2D eigenvalue weighted by Gasteiger charge is -2.11. The standard InChI is InChI=1S/C26H25N3O6/c1-33-20-11-10-19(22(30)15-20)16-27-29-26(32)21(28-25(31)18-7-5-4-6-8-18)13-17-9-12-23(34-2)24(14-17)35-3/h4-16,30H,1-3H3,(H,28,31)(H,29,32)/b21-13+,27-16+. The molecule has 3 aromatic carbocycles. The first-order valence-corrected chi connectivity index (χ1v) is 10.5. The number of rotatable bonds is 9. The van der Waals surface area contributed by atoms with Gasteiger partial charge in [-0.2, -0.15) is 5.10 Å². The Hall–Kier alpha value is -4.79. The zero-order chi connectivity index (χ0) is 25.2. The second-order valence-corrected chi connectivity index (χ2v) is 7.12. The van der Waals surface area contributed by atoms with Crippen LogP contribution in [-0.4, -0.2) is 44.5 Å². The summed E-state index contributed by atoms with van der Waals surface area (Å²) in [6, 6.07) is 18.2. The first kappa shape index (κ1) is 24.8. The van der Waals surface area contributed by atoms with Gasteiger partial charge in [0, 0.05) is 17.2 Å². The first-order chi connectivity index (χ1) is 16.9. The highest BCUT2D eigenvalue weighted by molar-refractivity contribution is 6.05. The predicted molar refractivity (Wildman–Crippen MR) is 132 cm³/mol. The van der Waals surface area contributed by atoms with Crippen molar-refractivity contribution in [2.75, 3.05) is 21.3 Å². The van der Waals surface area contributed by atoms with Crippen LogP contribution in [0.5, 0.6) is 23.0 Å². The molecular weight excluding hydrogens is 450 g/mol. The van der Waals surface area contributed by atoms with Crippen LogP contribution in [0.15, 0.2) is 77.5 Å². The monoisotopic (exact) mass is 475 g/mol. The zero-order valence-corrected chi connectivity index (χ0v) is 19.4. The van der Waals surface area contributed by atoms with Crippen molar-refractivity contribution >= 4 is 24.1 Å². The number of hydrogen-bond acceptors (Lipinski definition) is 7.